The molecule has 4 N–H and O–H groups in total. The van der Waals surface area contributed by atoms with E-state index < -0.39 is 90.4 Å². The Labute approximate surface area is 277 Å². The molecule has 0 aromatic heterocycles. The molecule has 0 saturated carbocycles. The fraction of sp³-hybridized carbons (Fsp3) is 0.533. The van der Waals surface area contributed by atoms with Gasteiger partial charge in [-0.25, -0.2) is 4.79 Å². The number of benzene rings is 1. The molecule has 1 aromatic carbocycles. The molecule has 17 heteroatoms. The molecule has 0 aliphatic heterocycles. The van der Waals surface area contributed by atoms with Gasteiger partial charge < -0.3 is 40.2 Å². The molecule has 1 aromatic rings. The quantitative estimate of drug-likeness (QED) is 0.0738. The zero-order chi connectivity index (χ0) is 35.5. The highest BCUT2D eigenvalue weighted by molar-refractivity contribution is 7.81. The molecule has 0 unspecified atom stereocenters. The molecule has 0 fully saturated rings. The monoisotopic (exact) mass is 682 g/mol. The molecule has 0 bridgehead atoms. The van der Waals surface area contributed by atoms with Gasteiger partial charge in [-0.2, -0.15) is 12.6 Å². The van der Waals surface area contributed by atoms with Crippen molar-refractivity contribution in [1.82, 2.24) is 21.3 Å². The van der Waals surface area contributed by atoms with Crippen molar-refractivity contribution in [3.05, 3.63) is 35.9 Å². The number of thiol groups is 1. The third-order valence-corrected chi connectivity index (χ3v) is 6.94. The summed E-state index contributed by atoms with van der Waals surface area (Å²) in [5, 5.41) is 9.58. The zero-order valence-corrected chi connectivity index (χ0v) is 27.8. The average molecular weight is 683 g/mol. The molecule has 47 heavy (non-hydrogen) atoms. The van der Waals surface area contributed by atoms with E-state index in [1.807, 2.05) is 0 Å². The van der Waals surface area contributed by atoms with Gasteiger partial charge in [0.05, 0.1) is 46.0 Å². The first kappa shape index (κ1) is 40.4. The summed E-state index contributed by atoms with van der Waals surface area (Å²) in [6, 6.07) is 3.07. The second kappa shape index (κ2) is 21.2. The largest absolute Gasteiger partial charge is 0.469 e. The Balaban J connectivity index is 3.17. The minimum Gasteiger partial charge on any atom is -0.469 e. The standard InChI is InChI=1S/C30H42N4O12S/c1-17(2)26(29(41)32-20(22(35)16-47)13-24(37)44-4)34-27(39)19(11-12-23(36)43-3)31-28(40)21(14-25(38)45-5)33-30(42)46-15-18-9-7-6-8-10-18/h6-10,17,19-21,26,47H,11-16H2,1-5H3,(H,31,40)(H,32,41)(H,33,42)(H,34,39)/t19-,20-,21-,26-/m0/s1. The summed E-state index contributed by atoms with van der Waals surface area (Å²) < 4.78 is 19.0. The van der Waals surface area contributed by atoms with Gasteiger partial charge in [0.2, 0.25) is 17.7 Å². The number of carbonyl (C=O) groups excluding carboxylic acids is 8. The number of ether oxygens (including phenoxy) is 4. The summed E-state index contributed by atoms with van der Waals surface area (Å²) in [6.45, 7) is 3.06. The summed E-state index contributed by atoms with van der Waals surface area (Å²) in [5.74, 6) is -6.49. The number of Topliss-reactive ketones (excluding diaryl/α,β-unsaturated/α-hetero) is 1. The topological polar surface area (TPSA) is 222 Å². The van der Waals surface area contributed by atoms with Crippen LogP contribution >= 0.6 is 12.6 Å². The van der Waals surface area contributed by atoms with E-state index in [1.165, 1.54) is 0 Å². The van der Waals surface area contributed by atoms with E-state index in [4.69, 9.17) is 4.74 Å². The summed E-state index contributed by atoms with van der Waals surface area (Å²) in [6.07, 6.45) is -2.78. The predicted molar refractivity (Wildman–Crippen MR) is 168 cm³/mol. The maximum Gasteiger partial charge on any atom is 0.408 e. The van der Waals surface area contributed by atoms with Crippen molar-refractivity contribution in [2.24, 2.45) is 5.92 Å². The van der Waals surface area contributed by atoms with Crippen molar-refractivity contribution >= 4 is 60.1 Å². The Morgan fingerprint density at radius 1 is 0.681 bits per heavy atom. The van der Waals surface area contributed by atoms with Gasteiger partial charge in [0.25, 0.3) is 0 Å². The smallest absolute Gasteiger partial charge is 0.408 e. The van der Waals surface area contributed by atoms with E-state index in [1.54, 1.807) is 44.2 Å². The third kappa shape index (κ3) is 15.0. The van der Waals surface area contributed by atoms with Crippen LogP contribution in [0.4, 0.5) is 4.79 Å². The van der Waals surface area contributed by atoms with Crippen LogP contribution in [-0.4, -0.2) is 98.8 Å². The van der Waals surface area contributed by atoms with E-state index >= 15 is 0 Å². The highest BCUT2D eigenvalue weighted by Crippen LogP contribution is 2.09. The van der Waals surface area contributed by atoms with Crippen molar-refractivity contribution in [3.8, 4) is 0 Å². The van der Waals surface area contributed by atoms with Crippen LogP contribution in [-0.2, 0) is 59.1 Å². The molecule has 0 saturated heterocycles. The summed E-state index contributed by atoms with van der Waals surface area (Å²) in [4.78, 5) is 101. The lowest BCUT2D eigenvalue weighted by Crippen LogP contribution is -2.59. The Morgan fingerprint density at radius 2 is 1.21 bits per heavy atom. The number of rotatable bonds is 19. The first-order chi connectivity index (χ1) is 22.3. The highest BCUT2D eigenvalue weighted by Gasteiger charge is 2.34. The van der Waals surface area contributed by atoms with Gasteiger partial charge in [0.15, 0.2) is 5.78 Å². The molecule has 0 aliphatic rings. The third-order valence-electron chi connectivity index (χ3n) is 6.62. The number of hydrogen-bond donors (Lipinski definition) is 5. The van der Waals surface area contributed by atoms with E-state index in [2.05, 4.69) is 48.1 Å². The average Bonchev–Trinajstić information content (AvgIpc) is 3.06. The lowest BCUT2D eigenvalue weighted by atomic mass is 10.0. The molecule has 4 amide bonds. The van der Waals surface area contributed by atoms with E-state index in [0.717, 1.165) is 21.3 Å². The molecular weight excluding hydrogens is 640 g/mol. The number of methoxy groups -OCH3 is 3. The lowest BCUT2D eigenvalue weighted by Gasteiger charge is -2.27. The van der Waals surface area contributed by atoms with E-state index in [9.17, 15) is 38.4 Å². The molecule has 0 heterocycles. The van der Waals surface area contributed by atoms with E-state index in [-0.39, 0.29) is 25.2 Å². The van der Waals surface area contributed by atoms with Gasteiger partial charge in [-0.1, -0.05) is 44.2 Å². The zero-order valence-electron chi connectivity index (χ0n) is 26.9. The molecule has 0 radical (unpaired) electrons. The van der Waals surface area contributed by atoms with Gasteiger partial charge >= 0.3 is 24.0 Å². The van der Waals surface area contributed by atoms with Crippen LogP contribution in [0.5, 0.6) is 0 Å². The molecule has 1 rings (SSSR count). The molecule has 0 aliphatic carbocycles. The fourth-order valence-corrected chi connectivity index (χ4v) is 4.15. The SMILES string of the molecule is COC(=O)CC[C@H](NC(=O)[C@H](CC(=O)OC)NC(=O)OCc1ccccc1)C(=O)N[C@H](C(=O)N[C@@H](CC(=O)OC)C(=O)CS)C(C)C. The predicted octanol–water partition coefficient (Wildman–Crippen LogP) is -0.0299. The lowest BCUT2D eigenvalue weighted by molar-refractivity contribution is -0.144. The number of hydrogen-bond acceptors (Lipinski definition) is 13. The van der Waals surface area contributed by atoms with Crippen molar-refractivity contribution in [1.29, 1.82) is 0 Å². The molecule has 4 atom stereocenters. The Morgan fingerprint density at radius 3 is 1.74 bits per heavy atom. The van der Waals surface area contributed by atoms with Crippen molar-refractivity contribution in [3.63, 3.8) is 0 Å². The van der Waals surface area contributed by atoms with Crippen LogP contribution in [0.2, 0.25) is 0 Å². The van der Waals surface area contributed by atoms with Crippen LogP contribution in [0.3, 0.4) is 0 Å². The molecule has 16 nitrogen and oxygen atoms in total. The van der Waals surface area contributed by atoms with Gasteiger partial charge in [0, 0.05) is 6.42 Å². The van der Waals surface area contributed by atoms with Crippen LogP contribution < -0.4 is 21.3 Å². The second-order valence-electron chi connectivity index (χ2n) is 10.4. The number of amides is 4. The maximum atomic E-state index is 13.5. The number of esters is 3. The minimum absolute atomic E-state index is 0.137. The maximum absolute atomic E-state index is 13.5. The first-order valence-electron chi connectivity index (χ1n) is 14.5. The normalized spacial score (nSPS) is 13.1. The Hall–Kier alpha value is -4.67. The number of ketones is 1. The van der Waals surface area contributed by atoms with Crippen LogP contribution in [0.15, 0.2) is 30.3 Å². The van der Waals surface area contributed by atoms with Crippen LogP contribution in [0.1, 0.15) is 45.1 Å². The van der Waals surface area contributed by atoms with Gasteiger partial charge in [0.1, 0.15) is 24.7 Å². The van der Waals surface area contributed by atoms with Gasteiger partial charge in [-0.15, -0.1) is 0 Å². The summed E-state index contributed by atoms with van der Waals surface area (Å²) in [7, 11) is 3.32. The first-order valence-corrected chi connectivity index (χ1v) is 15.1. The number of nitrogens with one attached hydrogen (secondary N) is 4. The van der Waals surface area contributed by atoms with Crippen LogP contribution in [0.25, 0.3) is 0 Å². The summed E-state index contributed by atoms with van der Waals surface area (Å²) >= 11 is 3.91. The fourth-order valence-electron chi connectivity index (χ4n) is 3.93. The second-order valence-corrected chi connectivity index (χ2v) is 10.7. The van der Waals surface area contributed by atoms with Crippen molar-refractivity contribution in [2.45, 2.75) is 70.3 Å². The summed E-state index contributed by atoms with van der Waals surface area (Å²) in [5.41, 5.74) is 0.659. The molecule has 260 valence electrons. The van der Waals surface area contributed by atoms with E-state index in [0.29, 0.717) is 5.56 Å². The molecule has 0 spiro atoms. The van der Waals surface area contributed by atoms with Gasteiger partial charge in [-0.05, 0) is 17.9 Å². The Kier molecular flexibility index (Phi) is 18.2. The number of alkyl carbamates (subject to hydrolysis) is 1. The minimum atomic E-state index is -1.56. The van der Waals surface area contributed by atoms with Crippen LogP contribution in [0, 0.1) is 5.92 Å². The van der Waals surface area contributed by atoms with Crippen molar-refractivity contribution < 1.29 is 57.3 Å². The molecular formula is C30H42N4O12S. The van der Waals surface area contributed by atoms with Crippen molar-refractivity contribution in [2.75, 3.05) is 27.1 Å². The Bertz CT molecular complexity index is 1260. The van der Waals surface area contributed by atoms with Gasteiger partial charge in [-0.3, -0.25) is 33.6 Å². The number of carbonyl (C=O) groups is 8. The highest BCUT2D eigenvalue weighted by atomic mass is 32.1.